The van der Waals surface area contributed by atoms with E-state index in [1.807, 2.05) is 27.3 Å². The lowest BCUT2D eigenvalue weighted by molar-refractivity contribution is 0.145. The van der Waals surface area contributed by atoms with E-state index in [-0.39, 0.29) is 4.90 Å². The molecule has 0 spiro atoms. The summed E-state index contributed by atoms with van der Waals surface area (Å²) in [5.74, 6) is 0.323. The van der Waals surface area contributed by atoms with E-state index in [0.717, 1.165) is 22.1 Å². The third-order valence-corrected chi connectivity index (χ3v) is 8.55. The van der Waals surface area contributed by atoms with Crippen molar-refractivity contribution in [2.24, 2.45) is 0 Å². The number of piperazine rings is 1. The van der Waals surface area contributed by atoms with Gasteiger partial charge in [0.25, 0.3) is 0 Å². The number of hydrogen-bond acceptors (Lipinski definition) is 7. The van der Waals surface area contributed by atoms with Crippen LogP contribution in [0.25, 0.3) is 16.6 Å². The Morgan fingerprint density at radius 2 is 1.81 bits per heavy atom. The maximum absolute atomic E-state index is 13.1. The number of benzene rings is 1. The molecule has 0 N–H and O–H groups in total. The van der Waals surface area contributed by atoms with Gasteiger partial charge in [0.1, 0.15) is 10.6 Å². The van der Waals surface area contributed by atoms with Crippen LogP contribution in [-0.4, -0.2) is 63.1 Å². The highest BCUT2D eigenvalue weighted by atomic mass is 32.2. The molecule has 4 heterocycles. The van der Waals surface area contributed by atoms with E-state index in [1.165, 1.54) is 4.31 Å². The topological polar surface area (TPSA) is 88.9 Å². The number of para-hydroxylation sites is 1. The molecule has 5 rings (SSSR count). The molecular formula is C21H24N6O3S2. The zero-order valence-electron chi connectivity index (χ0n) is 18.1. The van der Waals surface area contributed by atoms with Crippen molar-refractivity contribution in [1.82, 2.24) is 28.5 Å². The smallest absolute Gasteiger partial charge is 0.248 e. The fourth-order valence-electron chi connectivity index (χ4n) is 4.38. The number of sulfonamides is 1. The fraction of sp³-hybridized carbons (Fsp3) is 0.381. The predicted molar refractivity (Wildman–Crippen MR) is 123 cm³/mol. The molecule has 1 aliphatic rings. The summed E-state index contributed by atoms with van der Waals surface area (Å²) in [6, 6.07) is 10.2. The van der Waals surface area contributed by atoms with Gasteiger partial charge in [0, 0.05) is 31.6 Å². The number of fused-ring (bicyclic) bond motifs is 3. The first-order valence-electron chi connectivity index (χ1n) is 10.4. The van der Waals surface area contributed by atoms with E-state index in [4.69, 9.17) is 21.8 Å². The second-order valence-electron chi connectivity index (χ2n) is 8.14. The summed E-state index contributed by atoms with van der Waals surface area (Å²) in [7, 11) is -3.63. The molecule has 1 aromatic carbocycles. The third kappa shape index (κ3) is 3.36. The molecular weight excluding hydrogens is 448 g/mol. The Morgan fingerprint density at radius 3 is 2.50 bits per heavy atom. The molecule has 1 fully saturated rings. The van der Waals surface area contributed by atoms with Gasteiger partial charge in [0.15, 0.2) is 11.4 Å². The van der Waals surface area contributed by atoms with Gasteiger partial charge in [-0.15, -0.1) is 0 Å². The average molecular weight is 473 g/mol. The SMILES string of the molecule is Cc1noc(C)c1S(=O)(=O)N1CCN(Cn2nc3cc(C)c4ccccc4n3c2=S)CC1. The highest BCUT2D eigenvalue weighted by Gasteiger charge is 2.33. The zero-order valence-corrected chi connectivity index (χ0v) is 19.8. The summed E-state index contributed by atoms with van der Waals surface area (Å²) in [6.07, 6.45) is 0. The van der Waals surface area contributed by atoms with Gasteiger partial charge in [-0.05, 0) is 50.7 Å². The number of aromatic nitrogens is 4. The van der Waals surface area contributed by atoms with Crippen LogP contribution in [0.2, 0.25) is 0 Å². The molecule has 0 radical (unpaired) electrons. The molecule has 1 saturated heterocycles. The normalized spacial score (nSPS) is 16.3. The first-order valence-corrected chi connectivity index (χ1v) is 12.3. The highest BCUT2D eigenvalue weighted by Crippen LogP contribution is 2.25. The number of aryl methyl sites for hydroxylation is 3. The summed E-state index contributed by atoms with van der Waals surface area (Å²) >= 11 is 5.74. The summed E-state index contributed by atoms with van der Waals surface area (Å²) in [5, 5.41) is 9.67. The number of nitrogens with zero attached hydrogens (tertiary/aromatic N) is 6. The van der Waals surface area contributed by atoms with Gasteiger partial charge >= 0.3 is 0 Å². The van der Waals surface area contributed by atoms with Crippen molar-refractivity contribution in [3.05, 3.63) is 52.1 Å². The molecule has 168 valence electrons. The van der Waals surface area contributed by atoms with Gasteiger partial charge in [-0.2, -0.15) is 9.40 Å². The predicted octanol–water partition coefficient (Wildman–Crippen LogP) is 2.90. The van der Waals surface area contributed by atoms with Crippen molar-refractivity contribution in [2.75, 3.05) is 26.2 Å². The van der Waals surface area contributed by atoms with Gasteiger partial charge in [-0.25, -0.2) is 13.1 Å². The third-order valence-electron chi connectivity index (χ3n) is 6.01. The van der Waals surface area contributed by atoms with Gasteiger partial charge in [0.2, 0.25) is 14.8 Å². The van der Waals surface area contributed by atoms with Crippen LogP contribution in [0.1, 0.15) is 17.0 Å². The first kappa shape index (κ1) is 21.3. The molecule has 4 aromatic rings. The van der Waals surface area contributed by atoms with E-state index in [2.05, 4.69) is 29.1 Å². The summed E-state index contributed by atoms with van der Waals surface area (Å²) < 4.78 is 37.1. The lowest BCUT2D eigenvalue weighted by Crippen LogP contribution is -2.49. The van der Waals surface area contributed by atoms with Gasteiger partial charge < -0.3 is 4.52 Å². The van der Waals surface area contributed by atoms with Crippen LogP contribution in [0.4, 0.5) is 0 Å². The first-order chi connectivity index (χ1) is 15.3. The van der Waals surface area contributed by atoms with Crippen LogP contribution in [-0.2, 0) is 16.7 Å². The molecule has 0 saturated carbocycles. The number of pyridine rings is 1. The quantitative estimate of drug-likeness (QED) is 0.422. The molecule has 9 nitrogen and oxygen atoms in total. The van der Waals surface area contributed by atoms with Crippen LogP contribution < -0.4 is 0 Å². The fourth-order valence-corrected chi connectivity index (χ4v) is 6.39. The largest absolute Gasteiger partial charge is 0.360 e. The van der Waals surface area contributed by atoms with Crippen molar-refractivity contribution in [1.29, 1.82) is 0 Å². The number of rotatable bonds is 4. The second kappa shape index (κ2) is 7.77. The molecule has 0 atom stereocenters. The van der Waals surface area contributed by atoms with E-state index in [0.29, 0.717) is 49.1 Å². The second-order valence-corrected chi connectivity index (χ2v) is 10.4. The molecule has 11 heteroatoms. The average Bonchev–Trinajstić information content (AvgIpc) is 3.27. The molecule has 32 heavy (non-hydrogen) atoms. The zero-order chi connectivity index (χ0) is 22.6. The standard InChI is InChI=1S/C21H24N6O3S2/c1-14-12-19-22-26(21(31)27(19)18-7-5-4-6-17(14)18)13-24-8-10-25(11-9-24)32(28,29)20-15(2)23-30-16(20)3/h4-7,12H,8-11,13H2,1-3H3. The summed E-state index contributed by atoms with van der Waals surface area (Å²) in [5.41, 5.74) is 3.39. The molecule has 0 bridgehead atoms. The van der Waals surface area contributed by atoms with Crippen molar-refractivity contribution in [2.45, 2.75) is 32.3 Å². The van der Waals surface area contributed by atoms with Crippen molar-refractivity contribution in [3.8, 4) is 0 Å². The Morgan fingerprint density at radius 1 is 1.09 bits per heavy atom. The Labute approximate surface area is 190 Å². The molecule has 1 aliphatic heterocycles. The minimum atomic E-state index is -3.63. The molecule has 0 amide bonds. The molecule has 0 unspecified atom stereocenters. The minimum absolute atomic E-state index is 0.177. The summed E-state index contributed by atoms with van der Waals surface area (Å²) in [4.78, 5) is 2.34. The van der Waals surface area contributed by atoms with Crippen molar-refractivity contribution in [3.63, 3.8) is 0 Å². The van der Waals surface area contributed by atoms with Crippen LogP contribution in [0.3, 0.4) is 0 Å². The Balaban J connectivity index is 1.37. The Hall–Kier alpha value is -2.60. The monoisotopic (exact) mass is 472 g/mol. The minimum Gasteiger partial charge on any atom is -0.360 e. The van der Waals surface area contributed by atoms with Crippen molar-refractivity contribution < 1.29 is 12.9 Å². The molecule has 3 aromatic heterocycles. The van der Waals surface area contributed by atoms with Gasteiger partial charge in [0.05, 0.1) is 12.2 Å². The maximum atomic E-state index is 13.1. The maximum Gasteiger partial charge on any atom is 0.248 e. The van der Waals surface area contributed by atoms with Crippen LogP contribution in [0.5, 0.6) is 0 Å². The number of hydrogen-bond donors (Lipinski definition) is 0. The van der Waals surface area contributed by atoms with Crippen molar-refractivity contribution >= 4 is 38.8 Å². The lowest BCUT2D eigenvalue weighted by atomic mass is 10.1. The molecule has 0 aliphatic carbocycles. The van der Waals surface area contributed by atoms with Crippen LogP contribution in [0, 0.1) is 25.5 Å². The van der Waals surface area contributed by atoms with Crippen LogP contribution >= 0.6 is 12.2 Å². The van der Waals surface area contributed by atoms with Gasteiger partial charge in [-0.3, -0.25) is 9.30 Å². The highest BCUT2D eigenvalue weighted by molar-refractivity contribution is 7.89. The summed E-state index contributed by atoms with van der Waals surface area (Å²) in [6.45, 7) is 7.78. The van der Waals surface area contributed by atoms with Crippen LogP contribution in [0.15, 0.2) is 39.8 Å². The van der Waals surface area contributed by atoms with E-state index in [1.54, 1.807) is 13.8 Å². The van der Waals surface area contributed by atoms with Gasteiger partial charge in [-0.1, -0.05) is 23.4 Å². The van der Waals surface area contributed by atoms with E-state index in [9.17, 15) is 8.42 Å². The van der Waals surface area contributed by atoms with E-state index < -0.39 is 10.0 Å². The lowest BCUT2D eigenvalue weighted by Gasteiger charge is -2.33. The Bertz CT molecular complexity index is 1470. The van der Waals surface area contributed by atoms with E-state index >= 15 is 0 Å². The Kier molecular flexibility index (Phi) is 5.16.